The van der Waals surface area contributed by atoms with E-state index in [9.17, 15) is 13.2 Å². The van der Waals surface area contributed by atoms with Crippen molar-refractivity contribution in [2.45, 2.75) is 49.5 Å². The highest BCUT2D eigenvalue weighted by Gasteiger charge is 2.43. The Morgan fingerprint density at radius 2 is 1.58 bits per heavy atom. The molecule has 1 amide bonds. The molecule has 0 radical (unpaired) electrons. The molecular weight excluding hydrogens is 354 g/mol. The van der Waals surface area contributed by atoms with E-state index in [1.807, 2.05) is 6.92 Å². The quantitative estimate of drug-likeness (QED) is 0.725. The van der Waals surface area contributed by atoms with Crippen LogP contribution in [-0.2, 0) is 14.6 Å². The molecule has 0 bridgehead atoms. The fourth-order valence-corrected chi connectivity index (χ4v) is 5.86. The molecule has 0 atom stereocenters. The Kier molecular flexibility index (Phi) is 6.06. The maximum absolute atomic E-state index is 12.6. The third-order valence-electron chi connectivity index (χ3n) is 5.18. The second kappa shape index (κ2) is 8.29. The summed E-state index contributed by atoms with van der Waals surface area (Å²) in [6, 6.07) is 7.09. The average Bonchev–Trinajstić information content (AvgIpc) is 2.61. The van der Waals surface area contributed by atoms with Crippen LogP contribution in [0.4, 0.5) is 0 Å². The van der Waals surface area contributed by atoms with Gasteiger partial charge in [0.1, 0.15) is 11.5 Å². The van der Waals surface area contributed by atoms with E-state index in [0.717, 1.165) is 37.9 Å². The highest BCUT2D eigenvalue weighted by molar-refractivity contribution is 7.92. The predicted molar refractivity (Wildman–Crippen MR) is 99.3 cm³/mol. The molecule has 0 unspecified atom stereocenters. The second-order valence-corrected chi connectivity index (χ2v) is 9.47. The van der Waals surface area contributed by atoms with Crippen LogP contribution in [-0.4, -0.2) is 56.0 Å². The first-order chi connectivity index (χ1) is 12.5. The molecule has 7 heteroatoms. The smallest absolute Gasteiger partial charge is 0.260 e. The number of likely N-dealkylation sites (tertiary alicyclic amines) is 1. The van der Waals surface area contributed by atoms with Crippen molar-refractivity contribution in [1.29, 1.82) is 0 Å². The number of ether oxygens (including phenoxy) is 2. The number of hydrogen-bond donors (Lipinski definition) is 0. The van der Waals surface area contributed by atoms with Crippen molar-refractivity contribution < 1.29 is 22.7 Å². The van der Waals surface area contributed by atoms with Gasteiger partial charge in [0.2, 0.25) is 0 Å². The van der Waals surface area contributed by atoms with Crippen LogP contribution in [0.3, 0.4) is 0 Å². The molecule has 1 saturated carbocycles. The molecule has 26 heavy (non-hydrogen) atoms. The molecular formula is C19H27NO5S. The van der Waals surface area contributed by atoms with Crippen LogP contribution < -0.4 is 9.47 Å². The van der Waals surface area contributed by atoms with Crippen LogP contribution >= 0.6 is 0 Å². The maximum Gasteiger partial charge on any atom is 0.260 e. The SMILES string of the molecule is CCOc1ccc(OCC(=O)N2CC(S(=O)(=O)C3CCCCC3)C2)cc1. The van der Waals surface area contributed by atoms with Gasteiger partial charge in [-0.2, -0.15) is 0 Å². The summed E-state index contributed by atoms with van der Waals surface area (Å²) >= 11 is 0. The topological polar surface area (TPSA) is 72.9 Å². The van der Waals surface area contributed by atoms with Crippen LogP contribution in [0.5, 0.6) is 11.5 Å². The van der Waals surface area contributed by atoms with E-state index in [1.54, 1.807) is 29.2 Å². The molecule has 0 N–H and O–H groups in total. The van der Waals surface area contributed by atoms with Crippen LogP contribution in [0, 0.1) is 0 Å². The molecule has 0 spiro atoms. The van der Waals surface area contributed by atoms with Crippen molar-refractivity contribution in [3.8, 4) is 11.5 Å². The van der Waals surface area contributed by atoms with Crippen molar-refractivity contribution in [2.24, 2.45) is 0 Å². The Labute approximate surface area is 155 Å². The predicted octanol–water partition coefficient (Wildman–Crippen LogP) is 2.42. The highest BCUT2D eigenvalue weighted by Crippen LogP contribution is 2.29. The van der Waals surface area contributed by atoms with Gasteiger partial charge >= 0.3 is 0 Å². The Hall–Kier alpha value is -1.76. The fraction of sp³-hybridized carbons (Fsp3) is 0.632. The summed E-state index contributed by atoms with van der Waals surface area (Å²) in [7, 11) is -3.12. The molecule has 1 aromatic carbocycles. The summed E-state index contributed by atoms with van der Waals surface area (Å²) in [4.78, 5) is 13.8. The van der Waals surface area contributed by atoms with Gasteiger partial charge in [-0.25, -0.2) is 8.42 Å². The van der Waals surface area contributed by atoms with Gasteiger partial charge in [-0.1, -0.05) is 19.3 Å². The van der Waals surface area contributed by atoms with Gasteiger partial charge in [0.15, 0.2) is 16.4 Å². The van der Waals surface area contributed by atoms with Gasteiger partial charge in [0, 0.05) is 13.1 Å². The Morgan fingerprint density at radius 3 is 2.15 bits per heavy atom. The second-order valence-electron chi connectivity index (χ2n) is 6.96. The van der Waals surface area contributed by atoms with Crippen molar-refractivity contribution in [3.05, 3.63) is 24.3 Å². The molecule has 1 heterocycles. The molecule has 144 valence electrons. The molecule has 6 nitrogen and oxygen atoms in total. The van der Waals surface area contributed by atoms with Gasteiger partial charge in [-0.3, -0.25) is 4.79 Å². The third-order valence-corrected chi connectivity index (χ3v) is 7.81. The number of amides is 1. The monoisotopic (exact) mass is 381 g/mol. The first-order valence-electron chi connectivity index (χ1n) is 9.37. The molecule has 3 rings (SSSR count). The lowest BCUT2D eigenvalue weighted by atomic mass is 10.0. The lowest BCUT2D eigenvalue weighted by Crippen LogP contribution is -2.59. The minimum absolute atomic E-state index is 0.0792. The molecule has 1 saturated heterocycles. The third kappa shape index (κ3) is 4.31. The molecule has 1 aliphatic heterocycles. The number of hydrogen-bond acceptors (Lipinski definition) is 5. The number of carbonyl (C=O) groups is 1. The zero-order chi connectivity index (χ0) is 18.6. The summed E-state index contributed by atoms with van der Waals surface area (Å²) in [6.07, 6.45) is 4.66. The van der Waals surface area contributed by atoms with Crippen LogP contribution in [0.1, 0.15) is 39.0 Å². The van der Waals surface area contributed by atoms with Crippen LogP contribution in [0.25, 0.3) is 0 Å². The van der Waals surface area contributed by atoms with Gasteiger partial charge in [-0.05, 0) is 44.0 Å². The van der Waals surface area contributed by atoms with Gasteiger partial charge in [0.25, 0.3) is 5.91 Å². The number of nitrogens with zero attached hydrogens (tertiary/aromatic N) is 1. The lowest BCUT2D eigenvalue weighted by molar-refractivity contribution is -0.136. The summed E-state index contributed by atoms with van der Waals surface area (Å²) in [6.45, 7) is 3.02. The summed E-state index contributed by atoms with van der Waals surface area (Å²) in [5.74, 6) is 1.17. The first-order valence-corrected chi connectivity index (χ1v) is 11.0. The Balaban J connectivity index is 1.44. The van der Waals surface area contributed by atoms with Gasteiger partial charge < -0.3 is 14.4 Å². The summed E-state index contributed by atoms with van der Waals surface area (Å²) < 4.78 is 36.1. The van der Waals surface area contributed by atoms with Crippen molar-refractivity contribution in [2.75, 3.05) is 26.3 Å². The maximum atomic E-state index is 12.6. The Morgan fingerprint density at radius 1 is 1.00 bits per heavy atom. The minimum Gasteiger partial charge on any atom is -0.494 e. The fourth-order valence-electron chi connectivity index (χ4n) is 3.55. The standard InChI is InChI=1S/C19H27NO5S/c1-2-24-15-8-10-16(11-9-15)25-14-19(21)20-12-18(13-20)26(22,23)17-6-4-3-5-7-17/h8-11,17-18H,2-7,12-14H2,1H3. The normalized spacial score (nSPS) is 19.0. The molecule has 1 aliphatic carbocycles. The lowest BCUT2D eigenvalue weighted by Gasteiger charge is -2.40. The Bertz CT molecular complexity index is 704. The van der Waals surface area contributed by atoms with Crippen molar-refractivity contribution in [1.82, 2.24) is 4.90 Å². The van der Waals surface area contributed by atoms with E-state index >= 15 is 0 Å². The number of rotatable bonds is 7. The number of carbonyl (C=O) groups excluding carboxylic acids is 1. The molecule has 0 aromatic heterocycles. The highest BCUT2D eigenvalue weighted by atomic mass is 32.2. The molecule has 2 fully saturated rings. The van der Waals surface area contributed by atoms with E-state index < -0.39 is 15.1 Å². The molecule has 2 aliphatic rings. The van der Waals surface area contributed by atoms with Crippen LogP contribution in [0.2, 0.25) is 0 Å². The average molecular weight is 381 g/mol. The number of benzene rings is 1. The van der Waals surface area contributed by atoms with E-state index in [1.165, 1.54) is 0 Å². The largest absolute Gasteiger partial charge is 0.494 e. The van der Waals surface area contributed by atoms with E-state index in [0.29, 0.717) is 25.4 Å². The summed E-state index contributed by atoms with van der Waals surface area (Å²) in [5, 5.41) is -0.612. The zero-order valence-corrected chi connectivity index (χ0v) is 16.0. The molecule has 1 aromatic rings. The van der Waals surface area contributed by atoms with Gasteiger partial charge in [-0.15, -0.1) is 0 Å². The van der Waals surface area contributed by atoms with E-state index in [4.69, 9.17) is 9.47 Å². The minimum atomic E-state index is -3.12. The van der Waals surface area contributed by atoms with Gasteiger partial charge in [0.05, 0.1) is 17.1 Å². The van der Waals surface area contributed by atoms with Crippen molar-refractivity contribution in [3.63, 3.8) is 0 Å². The van der Waals surface area contributed by atoms with Crippen LogP contribution in [0.15, 0.2) is 24.3 Å². The van der Waals surface area contributed by atoms with Crippen molar-refractivity contribution >= 4 is 15.7 Å². The van der Waals surface area contributed by atoms with E-state index in [-0.39, 0.29) is 17.8 Å². The van der Waals surface area contributed by atoms with E-state index in [2.05, 4.69) is 0 Å². The zero-order valence-electron chi connectivity index (χ0n) is 15.2. The summed E-state index contributed by atoms with van der Waals surface area (Å²) in [5.41, 5.74) is 0. The number of sulfone groups is 1. The first kappa shape index (κ1) is 19.0.